The lowest BCUT2D eigenvalue weighted by atomic mass is 10.1. The fraction of sp³-hybridized carbons (Fsp3) is 0.238. The van der Waals surface area contributed by atoms with Crippen molar-refractivity contribution in [3.05, 3.63) is 70.7 Å². The highest BCUT2D eigenvalue weighted by Gasteiger charge is 2.15. The number of hydrogen-bond acceptors (Lipinski definition) is 6. The zero-order chi connectivity index (χ0) is 20.8. The van der Waals surface area contributed by atoms with Crippen LogP contribution in [-0.4, -0.2) is 28.5 Å². The number of carbonyl (C=O) groups excluding carboxylic acids is 2. The Morgan fingerprint density at radius 1 is 1.10 bits per heavy atom. The number of thioether (sulfide) groups is 1. The lowest BCUT2D eigenvalue weighted by Crippen LogP contribution is -2.33. The summed E-state index contributed by atoms with van der Waals surface area (Å²) in [5.74, 6) is 0.622. The number of para-hydroxylation sites is 1. The fourth-order valence-electron chi connectivity index (χ4n) is 2.76. The van der Waals surface area contributed by atoms with E-state index in [2.05, 4.69) is 20.8 Å². The Kier molecular flexibility index (Phi) is 6.66. The Balaban J connectivity index is 1.60. The van der Waals surface area contributed by atoms with Crippen LogP contribution in [0, 0.1) is 20.8 Å². The average molecular weight is 410 g/mol. The van der Waals surface area contributed by atoms with Crippen LogP contribution in [0.1, 0.15) is 32.9 Å². The van der Waals surface area contributed by atoms with E-state index in [0.717, 1.165) is 28.3 Å². The van der Waals surface area contributed by atoms with Crippen LogP contribution in [0.25, 0.3) is 0 Å². The highest BCUT2D eigenvalue weighted by atomic mass is 32.2. The van der Waals surface area contributed by atoms with Crippen LogP contribution in [0.3, 0.4) is 0 Å². The monoisotopic (exact) mass is 410 g/mol. The van der Waals surface area contributed by atoms with Gasteiger partial charge in [0.2, 0.25) is 5.91 Å². The highest BCUT2D eigenvalue weighted by molar-refractivity contribution is 7.98. The summed E-state index contributed by atoms with van der Waals surface area (Å²) in [5, 5.41) is 10.0. The third-order valence-corrected chi connectivity index (χ3v) is 5.24. The molecule has 0 radical (unpaired) electrons. The molecule has 1 aromatic carbocycles. The van der Waals surface area contributed by atoms with E-state index in [1.807, 2.05) is 45.0 Å². The summed E-state index contributed by atoms with van der Waals surface area (Å²) in [5.41, 5.74) is 3.90. The third-order valence-electron chi connectivity index (χ3n) is 4.20. The lowest BCUT2D eigenvalue weighted by Gasteiger charge is -2.12. The number of nitrogens with zero attached hydrogens (tertiary/aromatic N) is 2. The Labute approximate surface area is 173 Å². The molecule has 0 spiro atoms. The summed E-state index contributed by atoms with van der Waals surface area (Å²) < 4.78 is 5.05. The van der Waals surface area contributed by atoms with Crippen LogP contribution < -0.4 is 10.6 Å². The smallest absolute Gasteiger partial charge is 0.254 e. The summed E-state index contributed by atoms with van der Waals surface area (Å²) >= 11 is 1.39. The molecule has 2 aromatic heterocycles. The van der Waals surface area contributed by atoms with E-state index in [1.165, 1.54) is 11.8 Å². The lowest BCUT2D eigenvalue weighted by molar-refractivity contribution is -0.115. The van der Waals surface area contributed by atoms with Gasteiger partial charge in [-0.2, -0.15) is 0 Å². The number of hydrogen-bond donors (Lipinski definition) is 2. The predicted octanol–water partition coefficient (Wildman–Crippen LogP) is 3.66. The van der Waals surface area contributed by atoms with Gasteiger partial charge in [-0.1, -0.05) is 35.1 Å². The zero-order valence-corrected chi connectivity index (χ0v) is 17.3. The summed E-state index contributed by atoms with van der Waals surface area (Å²) in [6.07, 6.45) is 1.63. The summed E-state index contributed by atoms with van der Waals surface area (Å²) in [6, 6.07) is 11.0. The SMILES string of the molecule is Cc1cc(CSc2ncccc2C(=O)NCC(=O)Nc2c(C)cccc2C)no1. The van der Waals surface area contributed by atoms with E-state index in [0.29, 0.717) is 16.3 Å². The van der Waals surface area contributed by atoms with Gasteiger partial charge in [0.1, 0.15) is 10.8 Å². The number of nitrogens with one attached hydrogen (secondary N) is 2. The molecule has 2 amide bonds. The minimum atomic E-state index is -0.353. The fourth-order valence-corrected chi connectivity index (χ4v) is 3.63. The van der Waals surface area contributed by atoms with Crippen molar-refractivity contribution in [3.8, 4) is 0 Å². The molecule has 0 saturated heterocycles. The van der Waals surface area contributed by atoms with Gasteiger partial charge < -0.3 is 15.2 Å². The molecular formula is C21H22N4O3S. The van der Waals surface area contributed by atoms with Gasteiger partial charge in [-0.3, -0.25) is 9.59 Å². The average Bonchev–Trinajstić information content (AvgIpc) is 3.13. The number of rotatable bonds is 7. The molecule has 0 unspecified atom stereocenters. The molecule has 0 aliphatic heterocycles. The second-order valence-electron chi connectivity index (χ2n) is 6.57. The minimum absolute atomic E-state index is 0.131. The molecule has 29 heavy (non-hydrogen) atoms. The van der Waals surface area contributed by atoms with Crippen LogP contribution in [0.2, 0.25) is 0 Å². The van der Waals surface area contributed by atoms with E-state index in [-0.39, 0.29) is 18.4 Å². The van der Waals surface area contributed by atoms with Crippen LogP contribution in [-0.2, 0) is 10.5 Å². The molecule has 2 N–H and O–H groups in total. The number of amides is 2. The van der Waals surface area contributed by atoms with Gasteiger partial charge in [0.15, 0.2) is 0 Å². The van der Waals surface area contributed by atoms with Crippen molar-refractivity contribution in [2.24, 2.45) is 0 Å². The molecule has 0 saturated carbocycles. The first-order valence-corrected chi connectivity index (χ1v) is 10.1. The number of anilines is 1. The van der Waals surface area contributed by atoms with Gasteiger partial charge >= 0.3 is 0 Å². The first-order chi connectivity index (χ1) is 13.9. The van der Waals surface area contributed by atoms with Gasteiger partial charge in [-0.15, -0.1) is 0 Å². The van der Waals surface area contributed by atoms with Crippen LogP contribution in [0.15, 0.2) is 52.1 Å². The van der Waals surface area contributed by atoms with E-state index < -0.39 is 0 Å². The van der Waals surface area contributed by atoms with E-state index in [1.54, 1.807) is 18.3 Å². The second-order valence-corrected chi connectivity index (χ2v) is 7.54. The standard InChI is InChI=1S/C21H22N4O3S/c1-13-6-4-7-14(2)19(13)24-18(26)11-23-20(27)17-8-5-9-22-21(17)29-12-16-10-15(3)28-25-16/h4-10H,11-12H2,1-3H3,(H,23,27)(H,24,26). The van der Waals surface area contributed by atoms with Crippen molar-refractivity contribution in [1.82, 2.24) is 15.5 Å². The molecule has 2 heterocycles. The molecule has 7 nitrogen and oxygen atoms in total. The van der Waals surface area contributed by atoms with Crippen molar-refractivity contribution in [1.29, 1.82) is 0 Å². The van der Waals surface area contributed by atoms with Gasteiger partial charge in [0.05, 0.1) is 17.8 Å². The maximum Gasteiger partial charge on any atom is 0.254 e. The third kappa shape index (κ3) is 5.45. The Morgan fingerprint density at radius 2 is 1.86 bits per heavy atom. The van der Waals surface area contributed by atoms with Crippen molar-refractivity contribution < 1.29 is 14.1 Å². The second kappa shape index (κ2) is 9.38. The molecule has 0 atom stereocenters. The molecule has 3 aromatic rings. The van der Waals surface area contributed by atoms with E-state index in [4.69, 9.17) is 4.52 Å². The number of aromatic nitrogens is 2. The Bertz CT molecular complexity index is 1010. The molecule has 8 heteroatoms. The number of carbonyl (C=O) groups is 2. The zero-order valence-electron chi connectivity index (χ0n) is 16.5. The first-order valence-electron chi connectivity index (χ1n) is 9.08. The molecule has 0 fully saturated rings. The van der Waals surface area contributed by atoms with Crippen LogP contribution in [0.4, 0.5) is 5.69 Å². The molecule has 3 rings (SSSR count). The predicted molar refractivity (Wildman–Crippen MR) is 112 cm³/mol. The molecule has 0 aliphatic carbocycles. The quantitative estimate of drug-likeness (QED) is 0.577. The number of pyridine rings is 1. The number of aryl methyl sites for hydroxylation is 3. The molecule has 0 bridgehead atoms. The Hall–Kier alpha value is -3.13. The first kappa shape index (κ1) is 20.6. The van der Waals surface area contributed by atoms with E-state index >= 15 is 0 Å². The maximum absolute atomic E-state index is 12.6. The number of benzene rings is 1. The van der Waals surface area contributed by atoms with Gasteiger partial charge in [0, 0.05) is 23.7 Å². The van der Waals surface area contributed by atoms with Gasteiger partial charge in [-0.25, -0.2) is 4.98 Å². The van der Waals surface area contributed by atoms with Crippen molar-refractivity contribution in [3.63, 3.8) is 0 Å². The van der Waals surface area contributed by atoms with Crippen LogP contribution >= 0.6 is 11.8 Å². The van der Waals surface area contributed by atoms with Crippen molar-refractivity contribution in [2.45, 2.75) is 31.6 Å². The molecule has 150 valence electrons. The van der Waals surface area contributed by atoms with Gasteiger partial charge in [-0.05, 0) is 44.0 Å². The maximum atomic E-state index is 12.6. The van der Waals surface area contributed by atoms with Crippen molar-refractivity contribution >= 4 is 29.3 Å². The topological polar surface area (TPSA) is 97.1 Å². The summed E-state index contributed by atoms with van der Waals surface area (Å²) in [7, 11) is 0. The normalized spacial score (nSPS) is 10.6. The highest BCUT2D eigenvalue weighted by Crippen LogP contribution is 2.24. The summed E-state index contributed by atoms with van der Waals surface area (Å²) in [4.78, 5) is 29.2. The molecule has 0 aliphatic rings. The summed E-state index contributed by atoms with van der Waals surface area (Å²) in [6.45, 7) is 5.55. The van der Waals surface area contributed by atoms with Crippen LogP contribution in [0.5, 0.6) is 0 Å². The van der Waals surface area contributed by atoms with E-state index in [9.17, 15) is 9.59 Å². The Morgan fingerprint density at radius 3 is 2.55 bits per heavy atom. The molecular weight excluding hydrogens is 388 g/mol. The largest absolute Gasteiger partial charge is 0.361 e. The van der Waals surface area contributed by atoms with Crippen molar-refractivity contribution in [2.75, 3.05) is 11.9 Å². The minimum Gasteiger partial charge on any atom is -0.361 e. The van der Waals surface area contributed by atoms with Gasteiger partial charge in [0.25, 0.3) is 5.91 Å².